The Hall–Kier alpha value is -2.39. The third kappa shape index (κ3) is 4.29. The van der Waals surface area contributed by atoms with E-state index in [2.05, 4.69) is 10.3 Å². The number of nitrogens with zero attached hydrogens (tertiary/aromatic N) is 2. The van der Waals surface area contributed by atoms with E-state index in [1.54, 1.807) is 41.8 Å². The predicted octanol–water partition coefficient (Wildman–Crippen LogP) is 2.58. The van der Waals surface area contributed by atoms with Crippen LogP contribution in [0.1, 0.15) is 28.4 Å². The van der Waals surface area contributed by atoms with Gasteiger partial charge in [-0.3, -0.25) is 4.79 Å². The minimum Gasteiger partial charge on any atom is -0.484 e. The molecule has 1 amide bonds. The smallest absolute Gasteiger partial charge is 0.258 e. The van der Waals surface area contributed by atoms with Crippen molar-refractivity contribution >= 4 is 17.2 Å². The van der Waals surface area contributed by atoms with Crippen LogP contribution >= 0.6 is 11.3 Å². The van der Waals surface area contributed by atoms with Crippen LogP contribution in [0.5, 0.6) is 5.75 Å². The molecule has 0 aliphatic carbocycles. The first kappa shape index (κ1) is 15.0. The predicted molar refractivity (Wildman–Crippen MR) is 80.1 cm³/mol. The quantitative estimate of drug-likeness (QED) is 0.921. The van der Waals surface area contributed by atoms with Crippen LogP contribution in [0.4, 0.5) is 0 Å². The van der Waals surface area contributed by atoms with E-state index in [0.717, 1.165) is 9.88 Å². The molecule has 0 saturated heterocycles. The molecule has 0 aliphatic rings. The SMILES string of the molecule is Cc1cnc(C(C)NC(=O)COc2ccc(C#N)cc2)s1. The van der Waals surface area contributed by atoms with Gasteiger partial charge in [0.25, 0.3) is 5.91 Å². The molecule has 2 aromatic rings. The van der Waals surface area contributed by atoms with E-state index in [9.17, 15) is 4.79 Å². The maximum atomic E-state index is 11.8. The Morgan fingerprint density at radius 3 is 2.76 bits per heavy atom. The number of carbonyl (C=O) groups excluding carboxylic acids is 1. The van der Waals surface area contributed by atoms with Gasteiger partial charge in [0.1, 0.15) is 10.8 Å². The molecule has 0 fully saturated rings. The molecule has 1 N–H and O–H groups in total. The number of rotatable bonds is 5. The molecular weight excluding hydrogens is 286 g/mol. The third-order valence-corrected chi connectivity index (χ3v) is 3.84. The fraction of sp³-hybridized carbons (Fsp3) is 0.267. The van der Waals surface area contributed by atoms with Gasteiger partial charge in [0.15, 0.2) is 6.61 Å². The van der Waals surface area contributed by atoms with Crippen molar-refractivity contribution in [2.75, 3.05) is 6.61 Å². The monoisotopic (exact) mass is 301 g/mol. The second-order valence-electron chi connectivity index (χ2n) is 4.52. The molecule has 6 heteroatoms. The second-order valence-corrected chi connectivity index (χ2v) is 5.79. The largest absolute Gasteiger partial charge is 0.484 e. The highest BCUT2D eigenvalue weighted by atomic mass is 32.1. The summed E-state index contributed by atoms with van der Waals surface area (Å²) >= 11 is 1.56. The van der Waals surface area contributed by atoms with Crippen LogP contribution in [-0.2, 0) is 4.79 Å². The molecule has 1 unspecified atom stereocenters. The molecule has 1 heterocycles. The molecule has 1 aromatic heterocycles. The van der Waals surface area contributed by atoms with Gasteiger partial charge < -0.3 is 10.1 Å². The zero-order chi connectivity index (χ0) is 15.2. The molecule has 0 saturated carbocycles. The molecule has 1 atom stereocenters. The lowest BCUT2D eigenvalue weighted by molar-refractivity contribution is -0.123. The summed E-state index contributed by atoms with van der Waals surface area (Å²) in [6.07, 6.45) is 1.79. The van der Waals surface area contributed by atoms with Gasteiger partial charge in [-0.2, -0.15) is 5.26 Å². The van der Waals surface area contributed by atoms with Crippen LogP contribution in [0.15, 0.2) is 30.5 Å². The number of carbonyl (C=O) groups is 1. The van der Waals surface area contributed by atoms with Gasteiger partial charge in [-0.05, 0) is 38.1 Å². The molecule has 0 radical (unpaired) electrons. The molecule has 0 aliphatic heterocycles. The van der Waals surface area contributed by atoms with Gasteiger partial charge in [-0.15, -0.1) is 11.3 Å². The number of benzene rings is 1. The number of nitriles is 1. The molecule has 0 spiro atoms. The highest BCUT2D eigenvalue weighted by Gasteiger charge is 2.13. The number of nitrogens with one attached hydrogen (secondary N) is 1. The van der Waals surface area contributed by atoms with Crippen LogP contribution in [0.25, 0.3) is 0 Å². The fourth-order valence-corrected chi connectivity index (χ4v) is 2.47. The van der Waals surface area contributed by atoms with Crippen LogP contribution in [0.2, 0.25) is 0 Å². The number of aryl methyl sites for hydroxylation is 1. The summed E-state index contributed by atoms with van der Waals surface area (Å²) in [5.74, 6) is 0.349. The van der Waals surface area contributed by atoms with Gasteiger partial charge in [0.05, 0.1) is 17.7 Å². The summed E-state index contributed by atoms with van der Waals surface area (Å²) in [5, 5.41) is 12.4. The zero-order valence-corrected chi connectivity index (χ0v) is 12.6. The van der Waals surface area contributed by atoms with Gasteiger partial charge in [0.2, 0.25) is 0 Å². The van der Waals surface area contributed by atoms with Gasteiger partial charge in [0, 0.05) is 11.1 Å². The lowest BCUT2D eigenvalue weighted by Crippen LogP contribution is -2.31. The van der Waals surface area contributed by atoms with Gasteiger partial charge in [-0.25, -0.2) is 4.98 Å². The summed E-state index contributed by atoms with van der Waals surface area (Å²) < 4.78 is 5.37. The van der Waals surface area contributed by atoms with Crippen molar-refractivity contribution < 1.29 is 9.53 Å². The van der Waals surface area contributed by atoms with Gasteiger partial charge in [-0.1, -0.05) is 0 Å². The van der Waals surface area contributed by atoms with Crippen LogP contribution in [0.3, 0.4) is 0 Å². The van der Waals surface area contributed by atoms with E-state index in [-0.39, 0.29) is 18.6 Å². The molecule has 21 heavy (non-hydrogen) atoms. The maximum absolute atomic E-state index is 11.8. The van der Waals surface area contributed by atoms with Crippen LogP contribution in [-0.4, -0.2) is 17.5 Å². The minimum atomic E-state index is -0.209. The van der Waals surface area contributed by atoms with E-state index in [1.165, 1.54) is 0 Å². The van der Waals surface area contributed by atoms with E-state index < -0.39 is 0 Å². The summed E-state index contributed by atoms with van der Waals surface area (Å²) in [6, 6.07) is 8.51. The number of hydrogen-bond donors (Lipinski definition) is 1. The van der Waals surface area contributed by atoms with Crippen molar-refractivity contribution in [1.82, 2.24) is 10.3 Å². The van der Waals surface area contributed by atoms with Crippen molar-refractivity contribution in [1.29, 1.82) is 5.26 Å². The van der Waals surface area contributed by atoms with Crippen molar-refractivity contribution in [2.24, 2.45) is 0 Å². The average Bonchev–Trinajstić information content (AvgIpc) is 2.92. The highest BCUT2D eigenvalue weighted by Crippen LogP contribution is 2.18. The van der Waals surface area contributed by atoms with Gasteiger partial charge >= 0.3 is 0 Å². The lowest BCUT2D eigenvalue weighted by atomic mass is 10.2. The van der Waals surface area contributed by atoms with Crippen molar-refractivity contribution in [3.63, 3.8) is 0 Å². The number of thiazole rings is 1. The first-order valence-corrected chi connectivity index (χ1v) is 7.25. The Balaban J connectivity index is 1.83. The van der Waals surface area contributed by atoms with E-state index in [1.807, 2.05) is 19.9 Å². The molecule has 1 aromatic carbocycles. The standard InChI is InChI=1S/C15H15N3O2S/c1-10-8-17-15(21-10)11(2)18-14(19)9-20-13-5-3-12(7-16)4-6-13/h3-6,8,11H,9H2,1-2H3,(H,18,19). The summed E-state index contributed by atoms with van der Waals surface area (Å²) in [7, 11) is 0. The molecule has 5 nitrogen and oxygen atoms in total. The number of ether oxygens (including phenoxy) is 1. The number of aromatic nitrogens is 1. The Labute approximate surface area is 127 Å². The number of amides is 1. The van der Waals surface area contributed by atoms with Crippen LogP contribution in [0, 0.1) is 18.3 Å². The third-order valence-electron chi connectivity index (χ3n) is 2.74. The fourth-order valence-electron chi connectivity index (χ4n) is 1.69. The Kier molecular flexibility index (Phi) is 4.90. The maximum Gasteiger partial charge on any atom is 0.258 e. The Bertz CT molecular complexity index is 658. The highest BCUT2D eigenvalue weighted by molar-refractivity contribution is 7.11. The molecule has 0 bridgehead atoms. The second kappa shape index (κ2) is 6.86. The van der Waals surface area contributed by atoms with Crippen LogP contribution < -0.4 is 10.1 Å². The molecule has 108 valence electrons. The summed E-state index contributed by atoms with van der Waals surface area (Å²) in [4.78, 5) is 17.2. The first-order valence-electron chi connectivity index (χ1n) is 6.43. The molecular formula is C15H15N3O2S. The average molecular weight is 301 g/mol. The summed E-state index contributed by atoms with van der Waals surface area (Å²) in [6.45, 7) is 3.79. The number of hydrogen-bond acceptors (Lipinski definition) is 5. The van der Waals surface area contributed by atoms with E-state index in [0.29, 0.717) is 11.3 Å². The summed E-state index contributed by atoms with van der Waals surface area (Å²) in [5.41, 5.74) is 0.555. The minimum absolute atomic E-state index is 0.0689. The van der Waals surface area contributed by atoms with Crippen molar-refractivity contribution in [3.8, 4) is 11.8 Å². The van der Waals surface area contributed by atoms with E-state index in [4.69, 9.17) is 10.00 Å². The zero-order valence-electron chi connectivity index (χ0n) is 11.8. The first-order chi connectivity index (χ1) is 10.1. The normalized spacial score (nSPS) is 11.5. The van der Waals surface area contributed by atoms with E-state index >= 15 is 0 Å². The lowest BCUT2D eigenvalue weighted by Gasteiger charge is -2.12. The Morgan fingerprint density at radius 2 is 2.19 bits per heavy atom. The molecule has 2 rings (SSSR count). The topological polar surface area (TPSA) is 75.0 Å². The Morgan fingerprint density at radius 1 is 1.48 bits per heavy atom. The van der Waals surface area contributed by atoms with Crippen molar-refractivity contribution in [3.05, 3.63) is 45.9 Å². The van der Waals surface area contributed by atoms with Crippen molar-refractivity contribution in [2.45, 2.75) is 19.9 Å².